The van der Waals surface area contributed by atoms with Gasteiger partial charge >= 0.3 is 0 Å². The Morgan fingerprint density at radius 3 is 2.38 bits per heavy atom. The van der Waals surface area contributed by atoms with Crippen LogP contribution in [-0.4, -0.2) is 14.2 Å². The highest BCUT2D eigenvalue weighted by Gasteiger charge is 2.18. The van der Waals surface area contributed by atoms with Gasteiger partial charge in [0.2, 0.25) is 0 Å². The van der Waals surface area contributed by atoms with Gasteiger partial charge in [-0.15, -0.1) is 0 Å². The molecule has 2 nitrogen and oxygen atoms in total. The predicted octanol–water partition coefficient (Wildman–Crippen LogP) is 4.12. The minimum Gasteiger partial charge on any atom is -0.496 e. The zero-order valence-electron chi connectivity index (χ0n) is 13.7. The van der Waals surface area contributed by atoms with Gasteiger partial charge in [0.25, 0.3) is 0 Å². The molecule has 2 rings (SSSR count). The predicted molar refractivity (Wildman–Crippen MR) is 89.2 cm³/mol. The molecule has 0 bridgehead atoms. The lowest BCUT2D eigenvalue weighted by Gasteiger charge is -2.23. The van der Waals surface area contributed by atoms with Gasteiger partial charge in [-0.2, -0.15) is 0 Å². The van der Waals surface area contributed by atoms with Gasteiger partial charge < -0.3 is 10.1 Å². The third kappa shape index (κ3) is 3.45. The third-order valence-electron chi connectivity index (χ3n) is 4.10. The summed E-state index contributed by atoms with van der Waals surface area (Å²) >= 11 is 0. The van der Waals surface area contributed by atoms with Gasteiger partial charge in [0, 0.05) is 11.6 Å². The van der Waals surface area contributed by atoms with Gasteiger partial charge in [0.1, 0.15) is 5.75 Å². The van der Waals surface area contributed by atoms with Gasteiger partial charge in [0.05, 0.1) is 7.11 Å². The maximum Gasteiger partial charge on any atom is 0.124 e. The van der Waals surface area contributed by atoms with Crippen molar-refractivity contribution in [1.29, 1.82) is 0 Å². The van der Waals surface area contributed by atoms with Crippen LogP contribution in [-0.2, 0) is 6.42 Å². The molecule has 0 aromatic heterocycles. The van der Waals surface area contributed by atoms with E-state index in [2.05, 4.69) is 62.5 Å². The monoisotopic (exact) mass is 283 g/mol. The maximum atomic E-state index is 5.62. The van der Waals surface area contributed by atoms with E-state index >= 15 is 0 Å². The fourth-order valence-electron chi connectivity index (χ4n) is 2.96. The Hall–Kier alpha value is -1.80. The number of benzene rings is 2. The normalized spacial score (nSPS) is 12.2. The van der Waals surface area contributed by atoms with Crippen LogP contribution in [0.3, 0.4) is 0 Å². The first kappa shape index (κ1) is 15.6. The highest BCUT2D eigenvalue weighted by molar-refractivity contribution is 5.46. The lowest BCUT2D eigenvalue weighted by molar-refractivity contribution is 0.400. The van der Waals surface area contributed by atoms with E-state index < -0.39 is 0 Å². The summed E-state index contributed by atoms with van der Waals surface area (Å²) in [5, 5.41) is 3.45. The first-order valence-electron chi connectivity index (χ1n) is 7.43. The quantitative estimate of drug-likeness (QED) is 0.891. The molecular formula is C19H25NO. The van der Waals surface area contributed by atoms with E-state index in [0.717, 1.165) is 12.2 Å². The summed E-state index contributed by atoms with van der Waals surface area (Å²) in [5.41, 5.74) is 6.48. The number of nitrogens with one attached hydrogen (secondary N) is 1. The summed E-state index contributed by atoms with van der Waals surface area (Å²) in [6.07, 6.45) is 0.962. The second kappa shape index (κ2) is 6.77. The maximum absolute atomic E-state index is 5.62. The molecule has 0 aliphatic heterocycles. The largest absolute Gasteiger partial charge is 0.496 e. The molecule has 1 atom stereocenters. The van der Waals surface area contributed by atoms with Gasteiger partial charge in [-0.3, -0.25) is 0 Å². The molecular weight excluding hydrogens is 258 g/mol. The number of hydrogen-bond acceptors (Lipinski definition) is 2. The molecule has 0 aliphatic carbocycles. The van der Waals surface area contributed by atoms with E-state index in [4.69, 9.17) is 4.74 Å². The lowest BCUT2D eigenvalue weighted by atomic mass is 9.92. The molecule has 0 fully saturated rings. The van der Waals surface area contributed by atoms with Crippen LogP contribution < -0.4 is 10.1 Å². The summed E-state index contributed by atoms with van der Waals surface area (Å²) in [6, 6.07) is 13.2. The Bertz CT molecular complexity index is 619. The fraction of sp³-hybridized carbons (Fsp3) is 0.368. The SMILES string of the molecule is CNC(Cc1ccccc1C)c1c(C)cc(C)cc1OC. The zero-order chi connectivity index (χ0) is 15.4. The van der Waals surface area contributed by atoms with Crippen molar-refractivity contribution in [2.75, 3.05) is 14.2 Å². The van der Waals surface area contributed by atoms with Gasteiger partial charge in [0.15, 0.2) is 0 Å². The molecule has 112 valence electrons. The molecule has 0 radical (unpaired) electrons. The number of methoxy groups -OCH3 is 1. The van der Waals surface area contributed by atoms with Crippen LogP contribution in [0.1, 0.15) is 33.9 Å². The van der Waals surface area contributed by atoms with Crippen molar-refractivity contribution in [2.45, 2.75) is 33.2 Å². The van der Waals surface area contributed by atoms with Crippen LogP contribution in [0.4, 0.5) is 0 Å². The van der Waals surface area contributed by atoms with Crippen LogP contribution in [0, 0.1) is 20.8 Å². The standard InChI is InChI=1S/C19H25NO/c1-13-10-15(3)19(18(11-13)21-5)17(20-4)12-16-9-7-6-8-14(16)2/h6-11,17,20H,12H2,1-5H3. The van der Waals surface area contributed by atoms with Crippen LogP contribution in [0.5, 0.6) is 5.75 Å². The first-order valence-corrected chi connectivity index (χ1v) is 7.43. The molecule has 0 heterocycles. The topological polar surface area (TPSA) is 21.3 Å². The van der Waals surface area contributed by atoms with Crippen LogP contribution in [0.15, 0.2) is 36.4 Å². The molecule has 2 heteroatoms. The highest BCUT2D eigenvalue weighted by atomic mass is 16.5. The minimum absolute atomic E-state index is 0.252. The lowest BCUT2D eigenvalue weighted by Crippen LogP contribution is -2.21. The smallest absolute Gasteiger partial charge is 0.124 e. The molecule has 0 amide bonds. The summed E-state index contributed by atoms with van der Waals surface area (Å²) in [7, 11) is 3.76. The third-order valence-corrected chi connectivity index (χ3v) is 4.10. The van der Waals surface area contributed by atoms with E-state index in [1.807, 2.05) is 7.05 Å². The van der Waals surface area contributed by atoms with E-state index in [9.17, 15) is 0 Å². The molecule has 1 N–H and O–H groups in total. The van der Waals surface area contributed by atoms with Crippen molar-refractivity contribution in [3.8, 4) is 5.75 Å². The Morgan fingerprint density at radius 1 is 1.05 bits per heavy atom. The van der Waals surface area contributed by atoms with Crippen molar-refractivity contribution < 1.29 is 4.74 Å². The second-order valence-electron chi connectivity index (χ2n) is 5.67. The van der Waals surface area contributed by atoms with Crippen LogP contribution >= 0.6 is 0 Å². The Kier molecular flexibility index (Phi) is 5.03. The summed E-state index contributed by atoms with van der Waals surface area (Å²) in [4.78, 5) is 0. The van der Waals surface area contributed by atoms with Crippen molar-refractivity contribution in [3.63, 3.8) is 0 Å². The van der Waals surface area contributed by atoms with Gasteiger partial charge in [-0.25, -0.2) is 0 Å². The molecule has 0 aliphatic rings. The Labute approximate surface area is 128 Å². The van der Waals surface area contributed by atoms with Crippen LogP contribution in [0.2, 0.25) is 0 Å². The van der Waals surface area contributed by atoms with E-state index in [-0.39, 0.29) is 6.04 Å². The van der Waals surface area contributed by atoms with E-state index in [1.165, 1.54) is 27.8 Å². The molecule has 21 heavy (non-hydrogen) atoms. The average Bonchev–Trinajstić information content (AvgIpc) is 2.46. The van der Waals surface area contributed by atoms with Gasteiger partial charge in [-0.1, -0.05) is 30.3 Å². The Balaban J connectivity index is 2.40. The van der Waals surface area contributed by atoms with Crippen molar-refractivity contribution >= 4 is 0 Å². The summed E-state index contributed by atoms with van der Waals surface area (Å²) < 4.78 is 5.62. The number of likely N-dealkylation sites (N-methyl/N-ethyl adjacent to an activating group) is 1. The minimum atomic E-state index is 0.252. The fourth-order valence-corrected chi connectivity index (χ4v) is 2.96. The number of rotatable bonds is 5. The van der Waals surface area contributed by atoms with E-state index in [0.29, 0.717) is 0 Å². The summed E-state index contributed by atoms with van der Waals surface area (Å²) in [5.74, 6) is 0.973. The summed E-state index contributed by atoms with van der Waals surface area (Å²) in [6.45, 7) is 6.43. The van der Waals surface area contributed by atoms with E-state index in [1.54, 1.807) is 7.11 Å². The van der Waals surface area contributed by atoms with Crippen molar-refractivity contribution in [3.05, 3.63) is 64.2 Å². The van der Waals surface area contributed by atoms with Crippen molar-refractivity contribution in [1.82, 2.24) is 5.32 Å². The molecule has 0 saturated carbocycles. The molecule has 2 aromatic rings. The average molecular weight is 283 g/mol. The second-order valence-corrected chi connectivity index (χ2v) is 5.67. The molecule has 0 saturated heterocycles. The van der Waals surface area contributed by atoms with Crippen LogP contribution in [0.25, 0.3) is 0 Å². The molecule has 1 unspecified atom stereocenters. The van der Waals surface area contributed by atoms with Crippen molar-refractivity contribution in [2.24, 2.45) is 0 Å². The highest BCUT2D eigenvalue weighted by Crippen LogP contribution is 2.32. The van der Waals surface area contributed by atoms with Gasteiger partial charge in [-0.05, 0) is 62.6 Å². The number of ether oxygens (including phenoxy) is 1. The number of aryl methyl sites for hydroxylation is 3. The molecule has 2 aromatic carbocycles. The Morgan fingerprint density at radius 2 is 1.76 bits per heavy atom. The number of hydrogen-bond donors (Lipinski definition) is 1. The zero-order valence-corrected chi connectivity index (χ0v) is 13.7. The molecule has 0 spiro atoms. The first-order chi connectivity index (χ1) is 10.1.